The van der Waals surface area contributed by atoms with Crippen LogP contribution in [0, 0.1) is 11.4 Å². The van der Waals surface area contributed by atoms with Crippen LogP contribution in [0.1, 0.15) is 46.7 Å². The lowest BCUT2D eigenvalue weighted by Crippen LogP contribution is -2.55. The first-order valence-corrected chi connectivity index (χ1v) is 10.8. The van der Waals surface area contributed by atoms with E-state index in [0.29, 0.717) is 29.5 Å². The second-order valence-electron chi connectivity index (χ2n) is 8.71. The molecule has 4 heterocycles. The smallest absolute Gasteiger partial charge is 0.277 e. The topological polar surface area (TPSA) is 71.6 Å². The van der Waals surface area contributed by atoms with Gasteiger partial charge >= 0.3 is 0 Å². The van der Waals surface area contributed by atoms with Gasteiger partial charge in [0.15, 0.2) is 5.69 Å². The molecule has 0 atom stereocenters. The van der Waals surface area contributed by atoms with E-state index < -0.39 is 5.95 Å². The summed E-state index contributed by atoms with van der Waals surface area (Å²) in [4.78, 5) is 31.2. The lowest BCUT2D eigenvalue weighted by atomic mass is 9.60. The number of aryl methyl sites for hydroxylation is 1. The monoisotopic (exact) mass is 443 g/mol. The van der Waals surface area contributed by atoms with Gasteiger partial charge in [0.1, 0.15) is 11.3 Å². The van der Waals surface area contributed by atoms with Crippen molar-refractivity contribution >= 4 is 29.1 Å². The van der Waals surface area contributed by atoms with Crippen LogP contribution in [0.3, 0.4) is 0 Å². The van der Waals surface area contributed by atoms with Crippen molar-refractivity contribution < 1.29 is 14.0 Å². The van der Waals surface area contributed by atoms with Gasteiger partial charge in [0, 0.05) is 38.6 Å². The molecule has 9 heteroatoms. The van der Waals surface area contributed by atoms with E-state index >= 15 is 0 Å². The molecule has 1 spiro atoms. The average molecular weight is 444 g/mol. The number of nitrogens with one attached hydrogen (secondary N) is 1. The fourth-order valence-electron chi connectivity index (χ4n) is 4.94. The highest BCUT2D eigenvalue weighted by Gasteiger charge is 2.47. The molecule has 2 amide bonds. The normalized spacial score (nSPS) is 18.4. The predicted octanol–water partition coefficient (Wildman–Crippen LogP) is 3.28. The van der Waals surface area contributed by atoms with E-state index in [2.05, 4.69) is 10.3 Å². The van der Waals surface area contributed by atoms with Crippen LogP contribution >= 0.6 is 11.6 Å². The standard InChI is InChI=1S/C22H23ClFN5O2/c1-27-13-14(23)10-16(27)20(30)25-15-11-22(12-15)5-8-28(9-6-22)21(31)18-19(24)29-7-3-2-4-17(29)26-18/h2-4,7,10,13,15H,5-6,8-9,11-12H2,1H3,(H,25,30). The Balaban J connectivity index is 1.17. The second kappa shape index (κ2) is 7.37. The van der Waals surface area contributed by atoms with Crippen molar-refractivity contribution in [2.24, 2.45) is 12.5 Å². The number of carbonyl (C=O) groups excluding carboxylic acids is 2. The Labute approximate surface area is 183 Å². The van der Waals surface area contributed by atoms with Gasteiger partial charge in [-0.25, -0.2) is 4.98 Å². The predicted molar refractivity (Wildman–Crippen MR) is 114 cm³/mol. The summed E-state index contributed by atoms with van der Waals surface area (Å²) in [5.41, 5.74) is 0.981. The van der Waals surface area contributed by atoms with Crippen molar-refractivity contribution in [2.45, 2.75) is 31.7 Å². The van der Waals surface area contributed by atoms with Crippen molar-refractivity contribution in [1.29, 1.82) is 0 Å². The van der Waals surface area contributed by atoms with Crippen LogP contribution < -0.4 is 5.32 Å². The first kappa shape index (κ1) is 20.1. The molecule has 0 radical (unpaired) electrons. The van der Waals surface area contributed by atoms with Gasteiger partial charge in [0.05, 0.1) is 5.02 Å². The van der Waals surface area contributed by atoms with Crippen LogP contribution in [0.15, 0.2) is 36.7 Å². The Morgan fingerprint density at radius 2 is 2.00 bits per heavy atom. The van der Waals surface area contributed by atoms with Gasteiger partial charge in [-0.3, -0.25) is 14.0 Å². The van der Waals surface area contributed by atoms with Crippen molar-refractivity contribution in [3.05, 3.63) is 59.0 Å². The van der Waals surface area contributed by atoms with Crippen LogP contribution in [0.5, 0.6) is 0 Å². The maximum absolute atomic E-state index is 14.6. The van der Waals surface area contributed by atoms with Crippen LogP contribution in [0.4, 0.5) is 4.39 Å². The van der Waals surface area contributed by atoms with Gasteiger partial charge in [0.25, 0.3) is 11.8 Å². The number of fused-ring (bicyclic) bond motifs is 1. The summed E-state index contributed by atoms with van der Waals surface area (Å²) in [6, 6.07) is 6.93. The summed E-state index contributed by atoms with van der Waals surface area (Å²) in [5, 5.41) is 3.62. The molecule has 162 valence electrons. The van der Waals surface area contributed by atoms with Gasteiger partial charge < -0.3 is 14.8 Å². The quantitative estimate of drug-likeness (QED) is 0.675. The Kier molecular flexibility index (Phi) is 4.77. The Hall–Kier alpha value is -2.87. The molecule has 31 heavy (non-hydrogen) atoms. The molecular formula is C22H23ClFN5O2. The van der Waals surface area contributed by atoms with Crippen LogP contribution in [-0.4, -0.2) is 49.8 Å². The number of amides is 2. The van der Waals surface area contributed by atoms with Gasteiger partial charge in [-0.2, -0.15) is 4.39 Å². The zero-order valence-corrected chi connectivity index (χ0v) is 17.9. The molecule has 2 aliphatic rings. The van der Waals surface area contributed by atoms with E-state index in [-0.39, 0.29) is 29.0 Å². The highest BCUT2D eigenvalue weighted by Crippen LogP contribution is 2.49. The summed E-state index contributed by atoms with van der Waals surface area (Å²) in [6.07, 6.45) is 6.73. The number of nitrogens with zero attached hydrogens (tertiary/aromatic N) is 4. The third-order valence-electron chi connectivity index (χ3n) is 6.68. The fourth-order valence-corrected chi connectivity index (χ4v) is 5.19. The van der Waals surface area contributed by atoms with Gasteiger partial charge in [0.2, 0.25) is 5.95 Å². The minimum absolute atomic E-state index is 0.121. The number of aromatic nitrogens is 3. The molecule has 1 aliphatic heterocycles. The van der Waals surface area contributed by atoms with E-state index in [1.165, 1.54) is 4.40 Å². The number of carbonyl (C=O) groups is 2. The molecule has 7 nitrogen and oxygen atoms in total. The molecule has 1 saturated heterocycles. The third kappa shape index (κ3) is 3.48. The lowest BCUT2D eigenvalue weighted by Gasteiger charge is -2.52. The fraction of sp³-hybridized carbons (Fsp3) is 0.409. The van der Waals surface area contributed by atoms with Gasteiger partial charge in [-0.15, -0.1) is 0 Å². The maximum Gasteiger partial charge on any atom is 0.277 e. The maximum atomic E-state index is 14.6. The number of pyridine rings is 1. The summed E-state index contributed by atoms with van der Waals surface area (Å²) in [6.45, 7) is 1.14. The number of hydrogen-bond acceptors (Lipinski definition) is 3. The molecule has 1 N–H and O–H groups in total. The molecule has 0 unspecified atom stereocenters. The Morgan fingerprint density at radius 1 is 1.26 bits per heavy atom. The molecule has 2 fully saturated rings. The van der Waals surface area contributed by atoms with Crippen LogP contribution in [0.2, 0.25) is 5.02 Å². The van der Waals surface area contributed by atoms with Crippen molar-refractivity contribution in [3.63, 3.8) is 0 Å². The lowest BCUT2D eigenvalue weighted by molar-refractivity contribution is 0.00819. The molecule has 1 aliphatic carbocycles. The highest BCUT2D eigenvalue weighted by atomic mass is 35.5. The van der Waals surface area contributed by atoms with Gasteiger partial charge in [-0.1, -0.05) is 17.7 Å². The summed E-state index contributed by atoms with van der Waals surface area (Å²) in [5.74, 6) is -1.10. The molecule has 0 aromatic carbocycles. The van der Waals surface area contributed by atoms with Crippen LogP contribution in [-0.2, 0) is 7.05 Å². The van der Waals surface area contributed by atoms with Crippen molar-refractivity contribution in [2.75, 3.05) is 13.1 Å². The number of likely N-dealkylation sites (tertiary alicyclic amines) is 1. The Bertz CT molecular complexity index is 1170. The molecule has 0 bridgehead atoms. The zero-order valence-electron chi connectivity index (χ0n) is 17.1. The third-order valence-corrected chi connectivity index (χ3v) is 6.89. The number of rotatable bonds is 3. The zero-order chi connectivity index (χ0) is 21.8. The summed E-state index contributed by atoms with van der Waals surface area (Å²) in [7, 11) is 1.79. The first-order valence-electron chi connectivity index (χ1n) is 10.4. The number of imidazole rings is 1. The van der Waals surface area contributed by atoms with E-state index in [1.807, 2.05) is 0 Å². The van der Waals surface area contributed by atoms with Crippen molar-refractivity contribution in [1.82, 2.24) is 24.2 Å². The van der Waals surface area contributed by atoms with E-state index in [9.17, 15) is 14.0 Å². The SMILES string of the molecule is Cn1cc(Cl)cc1C(=O)NC1CC2(CCN(C(=O)c3nc4ccccn4c3F)CC2)C1. The second-order valence-corrected chi connectivity index (χ2v) is 9.14. The summed E-state index contributed by atoms with van der Waals surface area (Å²) < 4.78 is 17.6. The molecule has 3 aromatic rings. The molecule has 1 saturated carbocycles. The van der Waals surface area contributed by atoms with Gasteiger partial charge in [-0.05, 0) is 49.3 Å². The number of halogens is 2. The summed E-state index contributed by atoms with van der Waals surface area (Å²) >= 11 is 5.96. The Morgan fingerprint density at radius 3 is 2.65 bits per heavy atom. The minimum atomic E-state index is -0.618. The number of hydrogen-bond donors (Lipinski definition) is 1. The van der Waals surface area contributed by atoms with E-state index in [4.69, 9.17) is 11.6 Å². The van der Waals surface area contributed by atoms with Crippen molar-refractivity contribution in [3.8, 4) is 0 Å². The molecule has 3 aromatic heterocycles. The molecule has 5 rings (SSSR count). The largest absolute Gasteiger partial charge is 0.348 e. The number of piperidine rings is 1. The van der Waals surface area contributed by atoms with Crippen LogP contribution in [0.25, 0.3) is 5.65 Å². The van der Waals surface area contributed by atoms with E-state index in [0.717, 1.165) is 25.7 Å². The highest BCUT2D eigenvalue weighted by molar-refractivity contribution is 6.31. The molecular weight excluding hydrogens is 421 g/mol. The first-order chi connectivity index (χ1) is 14.8. The van der Waals surface area contributed by atoms with E-state index in [1.54, 1.807) is 53.2 Å². The average Bonchev–Trinajstić information content (AvgIpc) is 3.25. The minimum Gasteiger partial charge on any atom is -0.348 e.